The van der Waals surface area contributed by atoms with Crippen molar-refractivity contribution in [1.82, 2.24) is 10.2 Å². The molecule has 45 heavy (non-hydrogen) atoms. The first-order chi connectivity index (χ1) is 21.7. The summed E-state index contributed by atoms with van der Waals surface area (Å²) in [4.78, 5) is 29.2. The third-order valence-corrected chi connectivity index (χ3v) is 8.94. The highest BCUT2D eigenvalue weighted by atomic mass is 32.2. The van der Waals surface area contributed by atoms with Gasteiger partial charge >= 0.3 is 0 Å². The van der Waals surface area contributed by atoms with Crippen LogP contribution in [0.5, 0.6) is 11.5 Å². The van der Waals surface area contributed by atoms with Crippen molar-refractivity contribution < 1.29 is 31.9 Å². The molecule has 0 aliphatic heterocycles. The van der Waals surface area contributed by atoms with Gasteiger partial charge in [-0.05, 0) is 78.7 Å². The number of nitrogens with one attached hydrogen (secondary N) is 1. The largest absolute Gasteiger partial charge is 0.497 e. The summed E-state index contributed by atoms with van der Waals surface area (Å²) in [5, 5.41) is 2.82. The lowest BCUT2D eigenvalue weighted by Gasteiger charge is -2.34. The van der Waals surface area contributed by atoms with Crippen molar-refractivity contribution in [2.24, 2.45) is 0 Å². The van der Waals surface area contributed by atoms with Gasteiger partial charge in [0.05, 0.1) is 24.8 Å². The fourth-order valence-corrected chi connectivity index (χ4v) is 6.24. The molecule has 9 nitrogen and oxygen atoms in total. The van der Waals surface area contributed by atoms with Crippen LogP contribution in [0.3, 0.4) is 0 Å². The lowest BCUT2D eigenvalue weighted by molar-refractivity contribution is -0.140. The molecule has 0 radical (unpaired) electrons. The summed E-state index contributed by atoms with van der Waals surface area (Å²) < 4.78 is 53.5. The fraction of sp³-hybridized carbons (Fsp3) is 0.235. The number of amides is 2. The molecule has 4 aromatic rings. The lowest BCUT2D eigenvalue weighted by atomic mass is 10.0. The summed E-state index contributed by atoms with van der Waals surface area (Å²) in [6, 6.07) is 25.9. The molecule has 1 atom stereocenters. The second-order valence-corrected chi connectivity index (χ2v) is 12.0. The SMILES string of the molecule is CCNC(=O)[C@H](Cc1ccccc1)N(Cc1cccc(OC)c1)C(=O)CN(c1ccc(F)cc1)S(=O)(=O)c1ccc(OC)cc1. The summed E-state index contributed by atoms with van der Waals surface area (Å²) in [5.41, 5.74) is 1.58. The summed E-state index contributed by atoms with van der Waals surface area (Å²) >= 11 is 0. The summed E-state index contributed by atoms with van der Waals surface area (Å²) in [6.07, 6.45) is 0.185. The maximum atomic E-state index is 14.4. The van der Waals surface area contributed by atoms with E-state index >= 15 is 0 Å². The van der Waals surface area contributed by atoms with Gasteiger partial charge in [0, 0.05) is 19.5 Å². The topological polar surface area (TPSA) is 105 Å². The zero-order valence-electron chi connectivity index (χ0n) is 25.4. The van der Waals surface area contributed by atoms with Gasteiger partial charge in [0.15, 0.2) is 0 Å². The number of rotatable bonds is 14. The number of sulfonamides is 1. The molecule has 236 valence electrons. The first kappa shape index (κ1) is 33.0. The molecule has 4 aromatic carbocycles. The lowest BCUT2D eigenvalue weighted by Crippen LogP contribution is -2.53. The highest BCUT2D eigenvalue weighted by Crippen LogP contribution is 2.27. The Kier molecular flexibility index (Phi) is 11.2. The van der Waals surface area contributed by atoms with E-state index in [9.17, 15) is 22.4 Å². The van der Waals surface area contributed by atoms with E-state index in [4.69, 9.17) is 9.47 Å². The summed E-state index contributed by atoms with van der Waals surface area (Å²) in [6.45, 7) is 1.45. The van der Waals surface area contributed by atoms with Crippen LogP contribution < -0.4 is 19.1 Å². The van der Waals surface area contributed by atoms with Crippen molar-refractivity contribution in [3.05, 3.63) is 120 Å². The van der Waals surface area contributed by atoms with Crippen molar-refractivity contribution in [3.8, 4) is 11.5 Å². The number of nitrogens with zero attached hydrogens (tertiary/aromatic N) is 2. The number of carbonyl (C=O) groups is 2. The Hall–Kier alpha value is -4.90. The molecule has 0 fully saturated rings. The van der Waals surface area contributed by atoms with Crippen molar-refractivity contribution in [3.63, 3.8) is 0 Å². The van der Waals surface area contributed by atoms with Crippen LogP contribution in [0.4, 0.5) is 10.1 Å². The smallest absolute Gasteiger partial charge is 0.264 e. The van der Waals surface area contributed by atoms with Crippen molar-refractivity contribution >= 4 is 27.5 Å². The normalized spacial score (nSPS) is 11.7. The van der Waals surface area contributed by atoms with Crippen molar-refractivity contribution in [2.45, 2.75) is 30.8 Å². The Labute approximate surface area is 263 Å². The van der Waals surface area contributed by atoms with Gasteiger partial charge in [-0.1, -0.05) is 42.5 Å². The molecule has 0 spiro atoms. The maximum absolute atomic E-state index is 14.4. The zero-order valence-corrected chi connectivity index (χ0v) is 26.2. The van der Waals surface area contributed by atoms with Crippen LogP contribution in [0.15, 0.2) is 108 Å². The van der Waals surface area contributed by atoms with E-state index in [-0.39, 0.29) is 29.5 Å². The fourth-order valence-electron chi connectivity index (χ4n) is 4.82. The third kappa shape index (κ3) is 8.39. The Balaban J connectivity index is 1.80. The summed E-state index contributed by atoms with van der Waals surface area (Å²) in [5.74, 6) is -0.568. The van der Waals surface area contributed by atoms with E-state index in [1.54, 1.807) is 31.2 Å². The van der Waals surface area contributed by atoms with Crippen LogP contribution in [0.2, 0.25) is 0 Å². The molecule has 0 saturated carbocycles. The number of hydrogen-bond donors (Lipinski definition) is 1. The van der Waals surface area contributed by atoms with Crippen LogP contribution >= 0.6 is 0 Å². The minimum absolute atomic E-state index is 0.00942. The molecule has 0 saturated heterocycles. The predicted octanol–water partition coefficient (Wildman–Crippen LogP) is 4.81. The van der Waals surface area contributed by atoms with Crippen molar-refractivity contribution in [2.75, 3.05) is 31.6 Å². The third-order valence-electron chi connectivity index (χ3n) is 7.15. The number of anilines is 1. The number of benzene rings is 4. The molecule has 0 bridgehead atoms. The quantitative estimate of drug-likeness (QED) is 0.214. The highest BCUT2D eigenvalue weighted by molar-refractivity contribution is 7.92. The van der Waals surface area contributed by atoms with Gasteiger partial charge in [-0.25, -0.2) is 12.8 Å². The van der Waals surface area contributed by atoms with Crippen LogP contribution in [0.25, 0.3) is 0 Å². The van der Waals surface area contributed by atoms with Gasteiger partial charge in [-0.15, -0.1) is 0 Å². The molecule has 11 heteroatoms. The monoisotopic (exact) mass is 633 g/mol. The molecular weight excluding hydrogens is 597 g/mol. The first-order valence-electron chi connectivity index (χ1n) is 14.3. The molecular formula is C34H36FN3O6S. The number of halogens is 1. The molecule has 0 unspecified atom stereocenters. The number of carbonyl (C=O) groups excluding carboxylic acids is 2. The average molecular weight is 634 g/mol. The van der Waals surface area contributed by atoms with Gasteiger partial charge in [0.1, 0.15) is 29.9 Å². The van der Waals surface area contributed by atoms with Crippen molar-refractivity contribution in [1.29, 1.82) is 0 Å². The average Bonchev–Trinajstić information content (AvgIpc) is 3.06. The van der Waals surface area contributed by atoms with Crippen LogP contribution in [-0.2, 0) is 32.6 Å². The number of hydrogen-bond acceptors (Lipinski definition) is 6. The Bertz CT molecular complexity index is 1680. The van der Waals surface area contributed by atoms with E-state index in [0.717, 1.165) is 22.0 Å². The first-order valence-corrected chi connectivity index (χ1v) is 15.8. The van der Waals surface area contributed by atoms with Gasteiger partial charge < -0.3 is 19.7 Å². The number of ether oxygens (including phenoxy) is 2. The molecule has 0 heterocycles. The Morgan fingerprint density at radius 1 is 0.822 bits per heavy atom. The van der Waals surface area contributed by atoms with E-state index in [1.165, 1.54) is 55.5 Å². The second-order valence-electron chi connectivity index (χ2n) is 10.1. The highest BCUT2D eigenvalue weighted by Gasteiger charge is 2.34. The zero-order chi connectivity index (χ0) is 32.4. The minimum atomic E-state index is -4.33. The van der Waals surface area contributed by atoms with Gasteiger partial charge in [-0.3, -0.25) is 13.9 Å². The minimum Gasteiger partial charge on any atom is -0.497 e. The van der Waals surface area contributed by atoms with E-state index in [2.05, 4.69) is 5.32 Å². The number of methoxy groups -OCH3 is 2. The Morgan fingerprint density at radius 2 is 1.47 bits per heavy atom. The predicted molar refractivity (Wildman–Crippen MR) is 170 cm³/mol. The van der Waals surface area contributed by atoms with Crippen LogP contribution in [0.1, 0.15) is 18.1 Å². The Morgan fingerprint density at radius 3 is 2.09 bits per heavy atom. The van der Waals surface area contributed by atoms with E-state index in [0.29, 0.717) is 23.6 Å². The molecule has 4 rings (SSSR count). The maximum Gasteiger partial charge on any atom is 0.264 e. The van der Waals surface area contributed by atoms with Gasteiger partial charge in [0.2, 0.25) is 11.8 Å². The standard InChI is InChI=1S/C34H36FN3O6S/c1-4-36-34(40)32(22-25-9-6-5-7-10-25)37(23-26-11-8-12-30(21-26)44-3)33(39)24-38(28-15-13-27(35)14-16-28)45(41,42)31-19-17-29(43-2)18-20-31/h5-21,32H,4,22-24H2,1-3H3,(H,36,40)/t32-/m0/s1. The van der Waals surface area contributed by atoms with Crippen LogP contribution in [-0.4, -0.2) is 58.5 Å². The molecule has 2 amide bonds. The van der Waals surface area contributed by atoms with E-state index < -0.39 is 34.3 Å². The van der Waals surface area contributed by atoms with Gasteiger partial charge in [-0.2, -0.15) is 0 Å². The molecule has 0 aromatic heterocycles. The summed E-state index contributed by atoms with van der Waals surface area (Å²) in [7, 11) is -1.34. The number of likely N-dealkylation sites (N-methyl/N-ethyl adjacent to an activating group) is 1. The molecule has 1 N–H and O–H groups in total. The van der Waals surface area contributed by atoms with Gasteiger partial charge in [0.25, 0.3) is 10.0 Å². The second kappa shape index (κ2) is 15.2. The molecule has 0 aliphatic rings. The van der Waals surface area contributed by atoms with Crippen LogP contribution in [0, 0.1) is 5.82 Å². The molecule has 0 aliphatic carbocycles. The van der Waals surface area contributed by atoms with E-state index in [1.807, 2.05) is 30.3 Å².